The summed E-state index contributed by atoms with van der Waals surface area (Å²) in [7, 11) is 0. The first kappa shape index (κ1) is 21.6. The van der Waals surface area contributed by atoms with Crippen LogP contribution in [0.3, 0.4) is 0 Å². The third-order valence-corrected chi connectivity index (χ3v) is 5.68. The molecule has 4 aromatic rings. The Kier molecular flexibility index (Phi) is 7.19. The molecule has 3 aromatic carbocycles. The van der Waals surface area contributed by atoms with E-state index >= 15 is 0 Å². The highest BCUT2D eigenvalue weighted by Crippen LogP contribution is 2.32. The van der Waals surface area contributed by atoms with E-state index in [0.29, 0.717) is 12.2 Å². The van der Waals surface area contributed by atoms with Gasteiger partial charge in [0.2, 0.25) is 0 Å². The van der Waals surface area contributed by atoms with Gasteiger partial charge in [-0.1, -0.05) is 78.5 Å². The number of hydrogen-bond donors (Lipinski definition) is 3. The Morgan fingerprint density at radius 3 is 2.38 bits per heavy atom. The number of urea groups is 1. The topological polar surface area (TPSA) is 69.8 Å². The summed E-state index contributed by atoms with van der Waals surface area (Å²) >= 11 is 1.61. The second-order valence-corrected chi connectivity index (χ2v) is 8.17. The molecule has 0 aliphatic rings. The SMILES string of the molecule is O=C(NCCCSc1nc(-c2ccccc2)c(-c2ccccc2)[nH]1)Nc1cccc(F)c1. The summed E-state index contributed by atoms with van der Waals surface area (Å²) in [6.07, 6.45) is 0.767. The monoisotopic (exact) mass is 446 g/mol. The van der Waals surface area contributed by atoms with E-state index in [-0.39, 0.29) is 11.8 Å². The first-order chi connectivity index (χ1) is 15.7. The van der Waals surface area contributed by atoms with Gasteiger partial charge in [0.15, 0.2) is 5.16 Å². The van der Waals surface area contributed by atoms with Crippen molar-refractivity contribution in [3.05, 3.63) is 90.7 Å². The highest BCUT2D eigenvalue weighted by molar-refractivity contribution is 7.99. The zero-order valence-corrected chi connectivity index (χ0v) is 18.2. The molecule has 3 N–H and O–H groups in total. The molecule has 7 heteroatoms. The van der Waals surface area contributed by atoms with Gasteiger partial charge >= 0.3 is 6.03 Å². The predicted octanol–water partition coefficient (Wildman–Crippen LogP) is 6.19. The Bertz CT molecular complexity index is 1110. The van der Waals surface area contributed by atoms with E-state index in [0.717, 1.165) is 39.8 Å². The Labute approximate surface area is 190 Å². The zero-order chi connectivity index (χ0) is 22.2. The first-order valence-corrected chi connectivity index (χ1v) is 11.3. The van der Waals surface area contributed by atoms with Gasteiger partial charge in [0.05, 0.1) is 11.4 Å². The van der Waals surface area contributed by atoms with Gasteiger partial charge < -0.3 is 15.6 Å². The number of aromatic amines is 1. The fourth-order valence-electron chi connectivity index (χ4n) is 3.22. The fourth-order valence-corrected chi connectivity index (χ4v) is 4.04. The summed E-state index contributed by atoms with van der Waals surface area (Å²) in [5, 5.41) is 6.25. The maximum atomic E-state index is 13.2. The quantitative estimate of drug-likeness (QED) is 0.223. The minimum absolute atomic E-state index is 0.351. The molecule has 0 spiro atoms. The van der Waals surface area contributed by atoms with Crippen molar-refractivity contribution in [3.8, 4) is 22.5 Å². The molecule has 1 aromatic heterocycles. The number of thioether (sulfide) groups is 1. The van der Waals surface area contributed by atoms with E-state index < -0.39 is 0 Å². The molecule has 4 rings (SSSR count). The molecule has 0 aliphatic carbocycles. The fraction of sp³-hybridized carbons (Fsp3) is 0.120. The second kappa shape index (κ2) is 10.6. The lowest BCUT2D eigenvalue weighted by Gasteiger charge is -2.07. The summed E-state index contributed by atoms with van der Waals surface area (Å²) in [4.78, 5) is 20.2. The van der Waals surface area contributed by atoms with Crippen LogP contribution in [0.15, 0.2) is 90.1 Å². The minimum atomic E-state index is -0.387. The largest absolute Gasteiger partial charge is 0.338 e. The van der Waals surface area contributed by atoms with Gasteiger partial charge in [-0.2, -0.15) is 0 Å². The van der Waals surface area contributed by atoms with Gasteiger partial charge in [-0.3, -0.25) is 0 Å². The summed E-state index contributed by atoms with van der Waals surface area (Å²) < 4.78 is 13.2. The third kappa shape index (κ3) is 5.76. The molecule has 162 valence electrons. The van der Waals surface area contributed by atoms with Crippen LogP contribution in [0.5, 0.6) is 0 Å². The van der Waals surface area contributed by atoms with Crippen LogP contribution in [0.2, 0.25) is 0 Å². The number of nitrogens with zero attached hydrogens (tertiary/aromatic N) is 1. The molecule has 32 heavy (non-hydrogen) atoms. The number of rotatable bonds is 8. The highest BCUT2D eigenvalue weighted by atomic mass is 32.2. The molecular weight excluding hydrogens is 423 g/mol. The van der Waals surface area contributed by atoms with Gasteiger partial charge in [0, 0.05) is 29.1 Å². The average molecular weight is 447 g/mol. The van der Waals surface area contributed by atoms with Crippen molar-refractivity contribution < 1.29 is 9.18 Å². The first-order valence-electron chi connectivity index (χ1n) is 10.3. The van der Waals surface area contributed by atoms with Crippen LogP contribution in [0.25, 0.3) is 22.5 Å². The number of imidazole rings is 1. The van der Waals surface area contributed by atoms with Crippen LogP contribution < -0.4 is 10.6 Å². The number of halogens is 1. The van der Waals surface area contributed by atoms with Crippen molar-refractivity contribution in [2.75, 3.05) is 17.6 Å². The van der Waals surface area contributed by atoms with Crippen LogP contribution in [0.4, 0.5) is 14.9 Å². The molecule has 0 aliphatic heterocycles. The Morgan fingerprint density at radius 2 is 1.66 bits per heavy atom. The number of carbonyl (C=O) groups is 1. The maximum Gasteiger partial charge on any atom is 0.319 e. The van der Waals surface area contributed by atoms with Gasteiger partial charge in [0.25, 0.3) is 0 Å². The number of anilines is 1. The van der Waals surface area contributed by atoms with Gasteiger partial charge in [0.1, 0.15) is 5.82 Å². The van der Waals surface area contributed by atoms with Crippen LogP contribution in [0.1, 0.15) is 6.42 Å². The second-order valence-electron chi connectivity index (χ2n) is 7.09. The Balaban J connectivity index is 1.33. The molecule has 0 saturated heterocycles. The lowest BCUT2D eigenvalue weighted by molar-refractivity contribution is 0.252. The molecule has 0 unspecified atom stereocenters. The predicted molar refractivity (Wildman–Crippen MR) is 128 cm³/mol. The van der Waals surface area contributed by atoms with Crippen molar-refractivity contribution in [1.82, 2.24) is 15.3 Å². The van der Waals surface area contributed by atoms with Crippen molar-refractivity contribution in [2.24, 2.45) is 0 Å². The maximum absolute atomic E-state index is 13.2. The summed E-state index contributed by atoms with van der Waals surface area (Å²) in [5.41, 5.74) is 4.49. The van der Waals surface area contributed by atoms with E-state index in [4.69, 9.17) is 4.98 Å². The van der Waals surface area contributed by atoms with Crippen molar-refractivity contribution >= 4 is 23.5 Å². The van der Waals surface area contributed by atoms with Crippen LogP contribution in [0, 0.1) is 5.82 Å². The lowest BCUT2D eigenvalue weighted by atomic mass is 10.1. The van der Waals surface area contributed by atoms with Crippen LogP contribution in [-0.4, -0.2) is 28.3 Å². The average Bonchev–Trinajstić information content (AvgIpc) is 3.24. The van der Waals surface area contributed by atoms with E-state index in [1.54, 1.807) is 23.9 Å². The number of H-pyrrole nitrogens is 1. The number of amides is 2. The molecule has 0 bridgehead atoms. The molecule has 0 saturated carbocycles. The molecule has 1 heterocycles. The summed E-state index contributed by atoms with van der Waals surface area (Å²) in [5.74, 6) is 0.401. The Hall–Kier alpha value is -3.58. The molecule has 5 nitrogen and oxygen atoms in total. The highest BCUT2D eigenvalue weighted by Gasteiger charge is 2.14. The van der Waals surface area contributed by atoms with Crippen LogP contribution in [-0.2, 0) is 0 Å². The molecular formula is C25H23FN4OS. The van der Waals surface area contributed by atoms with Crippen molar-refractivity contribution in [2.45, 2.75) is 11.6 Å². The summed E-state index contributed by atoms with van der Waals surface area (Å²) in [6.45, 7) is 0.506. The van der Waals surface area contributed by atoms with Gasteiger partial charge in [-0.25, -0.2) is 14.2 Å². The number of nitrogens with one attached hydrogen (secondary N) is 3. The molecule has 2 amide bonds. The zero-order valence-electron chi connectivity index (χ0n) is 17.3. The number of aromatic nitrogens is 2. The van der Waals surface area contributed by atoms with Crippen LogP contribution >= 0.6 is 11.8 Å². The van der Waals surface area contributed by atoms with E-state index in [9.17, 15) is 9.18 Å². The standard InChI is InChI=1S/C25H23FN4OS/c26-20-13-7-14-21(17-20)28-24(31)27-15-8-16-32-25-29-22(18-9-3-1-4-10-18)23(30-25)19-11-5-2-6-12-19/h1-7,9-14,17H,8,15-16H2,(H,29,30)(H2,27,28,31). The minimum Gasteiger partial charge on any atom is -0.338 e. The number of hydrogen-bond acceptors (Lipinski definition) is 3. The lowest BCUT2D eigenvalue weighted by Crippen LogP contribution is -2.29. The normalized spacial score (nSPS) is 10.7. The van der Waals surface area contributed by atoms with E-state index in [1.807, 2.05) is 36.4 Å². The molecule has 0 radical (unpaired) electrons. The van der Waals surface area contributed by atoms with Crippen molar-refractivity contribution in [1.29, 1.82) is 0 Å². The Morgan fingerprint density at radius 1 is 0.938 bits per heavy atom. The third-order valence-electron chi connectivity index (χ3n) is 4.72. The van der Waals surface area contributed by atoms with Gasteiger partial charge in [-0.15, -0.1) is 0 Å². The van der Waals surface area contributed by atoms with E-state index in [1.165, 1.54) is 12.1 Å². The number of benzene rings is 3. The number of carbonyl (C=O) groups excluding carboxylic acids is 1. The molecule has 0 fully saturated rings. The smallest absolute Gasteiger partial charge is 0.319 e. The van der Waals surface area contributed by atoms with Gasteiger partial charge in [-0.05, 0) is 24.6 Å². The molecule has 0 atom stereocenters. The van der Waals surface area contributed by atoms with E-state index in [2.05, 4.69) is 39.9 Å². The summed E-state index contributed by atoms with van der Waals surface area (Å²) in [6, 6.07) is 25.7. The van der Waals surface area contributed by atoms with Crippen molar-refractivity contribution in [3.63, 3.8) is 0 Å².